The fraction of sp³-hybridized carbons (Fsp3) is 0.333. The monoisotopic (exact) mass is 279 g/mol. The predicted octanol–water partition coefficient (Wildman–Crippen LogP) is 4.51. The van der Waals surface area contributed by atoms with E-state index in [0.29, 0.717) is 0 Å². The molecule has 0 spiro atoms. The lowest BCUT2D eigenvalue weighted by Crippen LogP contribution is -2.14. The summed E-state index contributed by atoms with van der Waals surface area (Å²) >= 11 is 7.82. The highest BCUT2D eigenvalue weighted by Gasteiger charge is 2.11. The molecule has 0 amide bonds. The number of thiophene rings is 1. The van der Waals surface area contributed by atoms with Crippen molar-refractivity contribution in [1.82, 2.24) is 0 Å². The van der Waals surface area contributed by atoms with Crippen molar-refractivity contribution in [1.29, 1.82) is 0 Å². The zero-order valence-corrected chi connectivity index (χ0v) is 12.3. The van der Waals surface area contributed by atoms with Crippen molar-refractivity contribution in [3.8, 4) is 0 Å². The van der Waals surface area contributed by atoms with Gasteiger partial charge in [-0.2, -0.15) is 0 Å². The Balaban J connectivity index is 2.13. The number of benzene rings is 1. The van der Waals surface area contributed by atoms with Gasteiger partial charge >= 0.3 is 0 Å². The van der Waals surface area contributed by atoms with Crippen LogP contribution in [0, 0.1) is 6.92 Å². The van der Waals surface area contributed by atoms with Crippen molar-refractivity contribution >= 4 is 22.9 Å². The molecule has 1 unspecified atom stereocenters. The van der Waals surface area contributed by atoms with E-state index in [1.165, 1.54) is 20.9 Å². The van der Waals surface area contributed by atoms with E-state index in [2.05, 4.69) is 26.0 Å². The fourth-order valence-electron chi connectivity index (χ4n) is 2.10. The molecule has 0 fully saturated rings. The average molecular weight is 280 g/mol. The van der Waals surface area contributed by atoms with Crippen molar-refractivity contribution in [3.05, 3.63) is 56.2 Å². The standard InChI is InChI=1S/C15H18ClNS/c1-3-12-5-6-13(18-12)9-15(17)14-7-4-11(16)8-10(14)2/h4-8,15H,3,9,17H2,1-2H3. The van der Waals surface area contributed by atoms with E-state index in [1.807, 2.05) is 29.5 Å². The summed E-state index contributed by atoms with van der Waals surface area (Å²) in [4.78, 5) is 2.78. The summed E-state index contributed by atoms with van der Waals surface area (Å²) < 4.78 is 0. The topological polar surface area (TPSA) is 26.0 Å². The molecule has 0 radical (unpaired) electrons. The van der Waals surface area contributed by atoms with Crippen LogP contribution >= 0.6 is 22.9 Å². The van der Waals surface area contributed by atoms with Crippen molar-refractivity contribution in [3.63, 3.8) is 0 Å². The third-order valence-electron chi connectivity index (χ3n) is 3.12. The molecule has 1 nitrogen and oxygen atoms in total. The Hall–Kier alpha value is -0.830. The minimum absolute atomic E-state index is 0.0469. The molecule has 3 heteroatoms. The fourth-order valence-corrected chi connectivity index (χ4v) is 3.35. The molecule has 1 atom stereocenters. The lowest BCUT2D eigenvalue weighted by molar-refractivity contribution is 0.725. The first-order valence-electron chi connectivity index (χ1n) is 6.19. The summed E-state index contributed by atoms with van der Waals surface area (Å²) in [6, 6.07) is 10.4. The lowest BCUT2D eigenvalue weighted by Gasteiger charge is -2.14. The molecule has 0 aliphatic carbocycles. The Morgan fingerprint density at radius 1 is 1.22 bits per heavy atom. The normalized spacial score (nSPS) is 12.7. The molecule has 1 aromatic carbocycles. The molecule has 2 rings (SSSR count). The maximum absolute atomic E-state index is 6.29. The van der Waals surface area contributed by atoms with Gasteiger partial charge in [-0.15, -0.1) is 11.3 Å². The van der Waals surface area contributed by atoms with E-state index in [4.69, 9.17) is 17.3 Å². The van der Waals surface area contributed by atoms with Crippen LogP contribution in [0.15, 0.2) is 30.3 Å². The van der Waals surface area contributed by atoms with E-state index in [9.17, 15) is 0 Å². The van der Waals surface area contributed by atoms with Gasteiger partial charge in [-0.25, -0.2) is 0 Å². The third-order valence-corrected chi connectivity index (χ3v) is 4.61. The number of nitrogens with two attached hydrogens (primary N) is 1. The Morgan fingerprint density at radius 2 is 1.94 bits per heavy atom. The molecule has 96 valence electrons. The number of hydrogen-bond acceptors (Lipinski definition) is 2. The quantitative estimate of drug-likeness (QED) is 0.875. The van der Waals surface area contributed by atoms with Crippen LogP contribution < -0.4 is 5.73 Å². The molecule has 0 aliphatic heterocycles. The van der Waals surface area contributed by atoms with Gasteiger partial charge in [0.25, 0.3) is 0 Å². The molecule has 0 aliphatic rings. The molecule has 0 bridgehead atoms. The molecule has 1 heterocycles. The third kappa shape index (κ3) is 3.14. The van der Waals surface area contributed by atoms with Crippen molar-refractivity contribution < 1.29 is 0 Å². The van der Waals surface area contributed by atoms with Gasteiger partial charge in [0.15, 0.2) is 0 Å². The number of hydrogen-bond donors (Lipinski definition) is 1. The highest BCUT2D eigenvalue weighted by molar-refractivity contribution is 7.11. The van der Waals surface area contributed by atoms with E-state index in [1.54, 1.807) is 0 Å². The van der Waals surface area contributed by atoms with Gasteiger partial charge in [0.05, 0.1) is 0 Å². The zero-order valence-electron chi connectivity index (χ0n) is 10.7. The van der Waals surface area contributed by atoms with Crippen LogP contribution in [0.1, 0.15) is 33.8 Å². The highest BCUT2D eigenvalue weighted by Crippen LogP contribution is 2.26. The summed E-state index contributed by atoms with van der Waals surface area (Å²) in [5.41, 5.74) is 8.65. The molecular weight excluding hydrogens is 262 g/mol. The van der Waals surface area contributed by atoms with Gasteiger partial charge in [0.1, 0.15) is 0 Å². The molecule has 2 aromatic rings. The maximum Gasteiger partial charge on any atom is 0.0408 e. The first kappa shape index (κ1) is 13.6. The Labute approximate surface area is 118 Å². The van der Waals surface area contributed by atoms with Crippen LogP contribution in [-0.2, 0) is 12.8 Å². The molecule has 0 saturated heterocycles. The highest BCUT2D eigenvalue weighted by atomic mass is 35.5. The summed E-state index contributed by atoms with van der Waals surface area (Å²) in [5.74, 6) is 0. The molecular formula is C15H18ClNS. The second-order valence-electron chi connectivity index (χ2n) is 4.53. The van der Waals surface area contributed by atoms with Crippen LogP contribution in [0.2, 0.25) is 5.02 Å². The number of halogens is 1. The maximum atomic E-state index is 6.29. The van der Waals surface area contributed by atoms with Crippen LogP contribution in [0.3, 0.4) is 0 Å². The zero-order chi connectivity index (χ0) is 13.1. The SMILES string of the molecule is CCc1ccc(CC(N)c2ccc(Cl)cc2C)s1. The van der Waals surface area contributed by atoms with Crippen molar-refractivity contribution in [2.75, 3.05) is 0 Å². The van der Waals surface area contributed by atoms with E-state index in [0.717, 1.165) is 17.9 Å². The van der Waals surface area contributed by atoms with Gasteiger partial charge in [-0.05, 0) is 48.7 Å². The summed E-state index contributed by atoms with van der Waals surface area (Å²) in [6.07, 6.45) is 1.99. The second-order valence-corrected chi connectivity index (χ2v) is 6.22. The predicted molar refractivity (Wildman–Crippen MR) is 80.5 cm³/mol. The van der Waals surface area contributed by atoms with Gasteiger partial charge < -0.3 is 5.73 Å². The molecule has 0 saturated carbocycles. The van der Waals surface area contributed by atoms with Gasteiger partial charge in [0, 0.05) is 27.2 Å². The van der Waals surface area contributed by atoms with E-state index >= 15 is 0 Å². The van der Waals surface area contributed by atoms with E-state index < -0.39 is 0 Å². The van der Waals surface area contributed by atoms with Gasteiger partial charge in [-0.3, -0.25) is 0 Å². The first-order valence-corrected chi connectivity index (χ1v) is 7.38. The van der Waals surface area contributed by atoms with Crippen LogP contribution in [-0.4, -0.2) is 0 Å². The minimum Gasteiger partial charge on any atom is -0.324 e. The van der Waals surface area contributed by atoms with E-state index in [-0.39, 0.29) is 6.04 Å². The number of aryl methyl sites for hydroxylation is 2. The average Bonchev–Trinajstić information content (AvgIpc) is 2.76. The van der Waals surface area contributed by atoms with Gasteiger partial charge in [0.2, 0.25) is 0 Å². The molecule has 18 heavy (non-hydrogen) atoms. The summed E-state index contributed by atoms with van der Waals surface area (Å²) in [6.45, 7) is 4.24. The lowest BCUT2D eigenvalue weighted by atomic mass is 9.99. The number of rotatable bonds is 4. The summed E-state index contributed by atoms with van der Waals surface area (Å²) in [5, 5.41) is 0.771. The van der Waals surface area contributed by atoms with Crippen molar-refractivity contribution in [2.45, 2.75) is 32.7 Å². The molecule has 1 aromatic heterocycles. The van der Waals surface area contributed by atoms with Gasteiger partial charge in [-0.1, -0.05) is 24.6 Å². The molecule has 2 N–H and O–H groups in total. The first-order chi connectivity index (χ1) is 8.60. The minimum atomic E-state index is 0.0469. The summed E-state index contributed by atoms with van der Waals surface area (Å²) in [7, 11) is 0. The van der Waals surface area contributed by atoms with Crippen LogP contribution in [0.4, 0.5) is 0 Å². The Morgan fingerprint density at radius 3 is 2.56 bits per heavy atom. The van der Waals surface area contributed by atoms with Crippen LogP contribution in [0.25, 0.3) is 0 Å². The Kier molecular flexibility index (Phi) is 4.44. The smallest absolute Gasteiger partial charge is 0.0408 e. The van der Waals surface area contributed by atoms with Crippen molar-refractivity contribution in [2.24, 2.45) is 5.73 Å². The largest absolute Gasteiger partial charge is 0.324 e. The van der Waals surface area contributed by atoms with Crippen LogP contribution in [0.5, 0.6) is 0 Å². The second kappa shape index (κ2) is 5.87. The Bertz CT molecular complexity index is 533.